The summed E-state index contributed by atoms with van der Waals surface area (Å²) in [6.07, 6.45) is 0. The van der Waals surface area contributed by atoms with Gasteiger partial charge in [0.1, 0.15) is 24.0 Å². The highest BCUT2D eigenvalue weighted by molar-refractivity contribution is 7.80. The van der Waals surface area contributed by atoms with Crippen molar-refractivity contribution >= 4 is 39.6 Å². The fourth-order valence-corrected chi connectivity index (χ4v) is 2.95. The monoisotopic (exact) mass is 387 g/mol. The van der Waals surface area contributed by atoms with E-state index in [1.54, 1.807) is 12.1 Å². The molecule has 4 nitrogen and oxygen atoms in total. The summed E-state index contributed by atoms with van der Waals surface area (Å²) in [5.74, 6) is 1.71. The molecule has 0 saturated carbocycles. The highest BCUT2D eigenvalue weighted by atomic mass is 35.5. The number of hydrogen-bond acceptors (Lipinski definition) is 4. The normalized spacial score (nSPS) is 10.5. The molecule has 0 radical (unpaired) electrons. The molecule has 0 amide bonds. The molecule has 0 bridgehead atoms. The molecule has 0 fully saturated rings. The zero-order valence-corrected chi connectivity index (χ0v) is 15.8. The minimum Gasteiger partial charge on any atom is -0.493 e. The molecule has 6 heteroatoms. The van der Waals surface area contributed by atoms with E-state index >= 15 is 0 Å². The van der Waals surface area contributed by atoms with Crippen LogP contribution in [0.4, 0.5) is 0 Å². The highest BCUT2D eigenvalue weighted by Gasteiger charge is 2.13. The number of hydrogen-bond donors (Lipinski definition) is 1. The van der Waals surface area contributed by atoms with E-state index < -0.39 is 0 Å². The number of nitrogens with two attached hydrogens (primary N) is 1. The zero-order chi connectivity index (χ0) is 18.5. The Kier molecular flexibility index (Phi) is 5.81. The maximum absolute atomic E-state index is 6.26. The van der Waals surface area contributed by atoms with Gasteiger partial charge in [-0.1, -0.05) is 54.2 Å². The first-order chi connectivity index (χ1) is 12.6. The Labute approximate surface area is 162 Å². The highest BCUT2D eigenvalue weighted by Crippen LogP contribution is 2.36. The van der Waals surface area contributed by atoms with Gasteiger partial charge in [-0.25, -0.2) is 0 Å². The Hall–Kier alpha value is -2.50. The smallest absolute Gasteiger partial charge is 0.179 e. The van der Waals surface area contributed by atoms with Crippen LogP contribution in [0.25, 0.3) is 10.8 Å². The first-order valence-electron chi connectivity index (χ1n) is 8.00. The lowest BCUT2D eigenvalue weighted by Gasteiger charge is -2.14. The van der Waals surface area contributed by atoms with Crippen LogP contribution >= 0.6 is 23.8 Å². The van der Waals surface area contributed by atoms with Crippen LogP contribution in [0.1, 0.15) is 5.56 Å². The number of ether oxygens (including phenoxy) is 3. The summed E-state index contributed by atoms with van der Waals surface area (Å²) in [6, 6.07) is 17.4. The van der Waals surface area contributed by atoms with E-state index in [1.165, 1.54) is 12.5 Å². The second kappa shape index (κ2) is 8.25. The van der Waals surface area contributed by atoms with E-state index in [0.717, 1.165) is 11.1 Å². The molecule has 0 aliphatic heterocycles. The third kappa shape index (κ3) is 4.18. The van der Waals surface area contributed by atoms with Crippen LogP contribution in [0.2, 0.25) is 5.02 Å². The summed E-state index contributed by atoms with van der Waals surface area (Å²) < 4.78 is 16.8. The van der Waals surface area contributed by atoms with Crippen LogP contribution in [0.3, 0.4) is 0 Å². The molecule has 0 aromatic heterocycles. The topological polar surface area (TPSA) is 53.7 Å². The molecule has 0 aliphatic carbocycles. The van der Waals surface area contributed by atoms with Gasteiger partial charge in [0, 0.05) is 5.56 Å². The van der Waals surface area contributed by atoms with E-state index in [0.29, 0.717) is 35.3 Å². The van der Waals surface area contributed by atoms with Crippen molar-refractivity contribution in [3.63, 3.8) is 0 Å². The van der Waals surface area contributed by atoms with Gasteiger partial charge >= 0.3 is 0 Å². The number of rotatable bonds is 7. The van der Waals surface area contributed by atoms with E-state index in [2.05, 4.69) is 6.07 Å². The molecular formula is C20H18ClNO3S. The molecule has 26 heavy (non-hydrogen) atoms. The van der Waals surface area contributed by atoms with Crippen LogP contribution < -0.4 is 19.9 Å². The van der Waals surface area contributed by atoms with E-state index in [1.807, 2.05) is 36.4 Å². The second-order valence-electron chi connectivity index (χ2n) is 5.56. The summed E-state index contributed by atoms with van der Waals surface area (Å²) in [6.45, 7) is 0.685. The molecule has 3 aromatic carbocycles. The van der Waals surface area contributed by atoms with Gasteiger partial charge < -0.3 is 19.9 Å². The maximum atomic E-state index is 6.26. The molecule has 3 aromatic rings. The standard InChI is InChI=1S/C20H18ClNO3S/c1-23-18-12-15(20(22)26)11-17(21)19(18)25-9-8-24-16-7-6-13-4-2-3-5-14(13)10-16/h2-7,10-12H,8-9H2,1H3,(H2,22,26). The second-order valence-corrected chi connectivity index (χ2v) is 6.41. The molecular weight excluding hydrogens is 370 g/mol. The summed E-state index contributed by atoms with van der Waals surface area (Å²) in [7, 11) is 1.54. The molecule has 2 N–H and O–H groups in total. The van der Waals surface area contributed by atoms with Gasteiger partial charge in [-0.3, -0.25) is 0 Å². The molecule has 0 unspecified atom stereocenters. The van der Waals surface area contributed by atoms with Crippen molar-refractivity contribution in [1.82, 2.24) is 0 Å². The molecule has 0 aliphatic rings. The summed E-state index contributed by atoms with van der Waals surface area (Å²) >= 11 is 11.2. The minimum atomic E-state index is 0.247. The quantitative estimate of drug-likeness (QED) is 0.474. The first kappa shape index (κ1) is 18.3. The van der Waals surface area contributed by atoms with Crippen LogP contribution in [-0.2, 0) is 0 Å². The van der Waals surface area contributed by atoms with Gasteiger partial charge in [-0.15, -0.1) is 0 Å². The maximum Gasteiger partial charge on any atom is 0.179 e. The van der Waals surface area contributed by atoms with Gasteiger partial charge in [0.15, 0.2) is 11.5 Å². The SMILES string of the molecule is COc1cc(C(N)=S)cc(Cl)c1OCCOc1ccc2ccccc2c1. The largest absolute Gasteiger partial charge is 0.493 e. The fourth-order valence-electron chi connectivity index (χ4n) is 2.56. The van der Waals surface area contributed by atoms with Crippen LogP contribution in [0.5, 0.6) is 17.2 Å². The number of fused-ring (bicyclic) bond motifs is 1. The molecule has 0 atom stereocenters. The lowest BCUT2D eigenvalue weighted by Crippen LogP contribution is -2.12. The van der Waals surface area contributed by atoms with E-state index in [-0.39, 0.29) is 4.99 Å². The predicted octanol–water partition coefficient (Wildman–Crippen LogP) is 4.59. The number of thiocarbonyl (C=S) groups is 1. The zero-order valence-electron chi connectivity index (χ0n) is 14.2. The number of benzene rings is 3. The first-order valence-corrected chi connectivity index (χ1v) is 8.79. The minimum absolute atomic E-state index is 0.247. The van der Waals surface area contributed by atoms with Crippen molar-refractivity contribution in [2.75, 3.05) is 20.3 Å². The van der Waals surface area contributed by atoms with Gasteiger partial charge in [0.2, 0.25) is 0 Å². The molecule has 134 valence electrons. The number of halogens is 1. The van der Waals surface area contributed by atoms with Crippen molar-refractivity contribution in [3.05, 3.63) is 65.2 Å². The van der Waals surface area contributed by atoms with Crippen LogP contribution in [-0.4, -0.2) is 25.3 Å². The molecule has 0 spiro atoms. The van der Waals surface area contributed by atoms with Gasteiger partial charge in [-0.2, -0.15) is 0 Å². The van der Waals surface area contributed by atoms with Crippen molar-refractivity contribution in [1.29, 1.82) is 0 Å². The predicted molar refractivity (Wildman–Crippen MR) is 109 cm³/mol. The van der Waals surface area contributed by atoms with Gasteiger partial charge in [0.05, 0.1) is 12.1 Å². The Morgan fingerprint density at radius 2 is 1.73 bits per heavy atom. The third-order valence-corrected chi connectivity index (χ3v) is 4.35. The Bertz CT molecular complexity index is 945. The van der Waals surface area contributed by atoms with Crippen LogP contribution in [0, 0.1) is 0 Å². The summed E-state index contributed by atoms with van der Waals surface area (Å²) in [5.41, 5.74) is 6.26. The lowest BCUT2D eigenvalue weighted by molar-refractivity contribution is 0.211. The third-order valence-electron chi connectivity index (χ3n) is 3.83. The van der Waals surface area contributed by atoms with Crippen molar-refractivity contribution in [2.45, 2.75) is 0 Å². The van der Waals surface area contributed by atoms with Crippen molar-refractivity contribution in [2.24, 2.45) is 5.73 Å². The summed E-state index contributed by atoms with van der Waals surface area (Å²) in [5, 5.41) is 2.69. The Morgan fingerprint density at radius 3 is 2.46 bits per heavy atom. The van der Waals surface area contributed by atoms with Gasteiger partial charge in [-0.05, 0) is 35.0 Å². The van der Waals surface area contributed by atoms with Crippen molar-refractivity contribution in [3.8, 4) is 17.2 Å². The Balaban J connectivity index is 1.63. The van der Waals surface area contributed by atoms with Crippen LogP contribution in [0.15, 0.2) is 54.6 Å². The number of methoxy groups -OCH3 is 1. The molecule has 3 rings (SSSR count). The molecule has 0 heterocycles. The van der Waals surface area contributed by atoms with E-state index in [9.17, 15) is 0 Å². The average Bonchev–Trinajstić information content (AvgIpc) is 2.65. The summed E-state index contributed by atoms with van der Waals surface area (Å²) in [4.78, 5) is 0.247. The molecule has 0 saturated heterocycles. The lowest BCUT2D eigenvalue weighted by atomic mass is 10.1. The van der Waals surface area contributed by atoms with Crippen molar-refractivity contribution < 1.29 is 14.2 Å². The van der Waals surface area contributed by atoms with E-state index in [4.69, 9.17) is 43.8 Å². The Morgan fingerprint density at radius 1 is 1.00 bits per heavy atom. The average molecular weight is 388 g/mol. The van der Waals surface area contributed by atoms with Gasteiger partial charge in [0.25, 0.3) is 0 Å². The fraction of sp³-hybridized carbons (Fsp3) is 0.150.